The van der Waals surface area contributed by atoms with Crippen LogP contribution >= 0.6 is 11.6 Å². The van der Waals surface area contributed by atoms with E-state index >= 15 is 0 Å². The molecule has 4 aromatic rings. The summed E-state index contributed by atoms with van der Waals surface area (Å²) in [6.07, 6.45) is -4.67. The van der Waals surface area contributed by atoms with Crippen LogP contribution in [0.2, 0.25) is 5.02 Å². The second-order valence-electron chi connectivity index (χ2n) is 9.77. The molecule has 0 saturated carbocycles. The molecule has 0 atom stereocenters. The van der Waals surface area contributed by atoms with Gasteiger partial charge < -0.3 is 14.2 Å². The van der Waals surface area contributed by atoms with Gasteiger partial charge in [0.25, 0.3) is 5.91 Å². The van der Waals surface area contributed by atoms with Crippen LogP contribution in [0.4, 0.5) is 13.2 Å². The molecule has 12 heteroatoms. The third-order valence-corrected chi connectivity index (χ3v) is 9.50. The van der Waals surface area contributed by atoms with Gasteiger partial charge in [-0.3, -0.25) is 4.79 Å². The summed E-state index contributed by atoms with van der Waals surface area (Å²) in [5, 5.41) is 0.498. The highest BCUT2D eigenvalue weighted by Crippen LogP contribution is 2.35. The summed E-state index contributed by atoms with van der Waals surface area (Å²) in [6.45, 7) is 1.86. The van der Waals surface area contributed by atoms with Gasteiger partial charge in [0.15, 0.2) is 0 Å². The molecule has 3 aromatic carbocycles. The van der Waals surface area contributed by atoms with Crippen LogP contribution in [-0.2, 0) is 16.2 Å². The zero-order valence-corrected chi connectivity index (χ0v) is 24.3. The molecule has 42 heavy (non-hydrogen) atoms. The number of carbonyl (C=O) groups excluding carboxylic acids is 1. The number of ether oxygens (including phenoxy) is 1. The summed E-state index contributed by atoms with van der Waals surface area (Å²) < 4.78 is 74.1. The molecule has 0 unspecified atom stereocenters. The maximum atomic E-state index is 13.8. The first kappa shape index (κ1) is 29.7. The molecule has 1 saturated heterocycles. The van der Waals surface area contributed by atoms with Gasteiger partial charge in [0.1, 0.15) is 5.75 Å². The third kappa shape index (κ3) is 5.64. The Morgan fingerprint density at radius 1 is 0.905 bits per heavy atom. The number of rotatable bonds is 6. The number of piperazine rings is 1. The average Bonchev–Trinajstić information content (AvgIpc) is 3.33. The lowest BCUT2D eigenvalue weighted by molar-refractivity contribution is -0.137. The fourth-order valence-corrected chi connectivity index (χ4v) is 6.71. The first-order valence-corrected chi connectivity index (χ1v) is 14.8. The summed E-state index contributed by atoms with van der Waals surface area (Å²) in [6, 6.07) is 20.1. The molecule has 220 valence electrons. The predicted octanol–water partition coefficient (Wildman–Crippen LogP) is 6.28. The first-order chi connectivity index (χ1) is 19.9. The fraction of sp³-hybridized carbons (Fsp3) is 0.233. The highest BCUT2D eigenvalue weighted by molar-refractivity contribution is 7.89. The van der Waals surface area contributed by atoms with Gasteiger partial charge in [-0.15, -0.1) is 0 Å². The number of nitrogens with zero attached hydrogens (tertiary/aromatic N) is 3. The largest absolute Gasteiger partial charge is 0.497 e. The van der Waals surface area contributed by atoms with Crippen molar-refractivity contribution < 1.29 is 31.1 Å². The average molecular weight is 618 g/mol. The molecule has 5 rings (SSSR count). The van der Waals surface area contributed by atoms with E-state index in [0.29, 0.717) is 33.8 Å². The molecule has 1 aliphatic rings. The van der Waals surface area contributed by atoms with Crippen molar-refractivity contribution >= 4 is 27.5 Å². The normalized spacial score (nSPS) is 14.7. The van der Waals surface area contributed by atoms with Gasteiger partial charge in [-0.05, 0) is 73.2 Å². The van der Waals surface area contributed by atoms with Crippen LogP contribution in [0.5, 0.6) is 5.75 Å². The summed E-state index contributed by atoms with van der Waals surface area (Å²) in [5.41, 5.74) is 2.29. The van der Waals surface area contributed by atoms with Gasteiger partial charge in [0.05, 0.1) is 39.5 Å². The van der Waals surface area contributed by atoms with Gasteiger partial charge in [0.2, 0.25) is 10.0 Å². The minimum Gasteiger partial charge on any atom is -0.497 e. The number of aromatic nitrogens is 1. The van der Waals surface area contributed by atoms with Crippen molar-refractivity contribution in [2.45, 2.75) is 18.0 Å². The van der Waals surface area contributed by atoms with E-state index in [0.717, 1.165) is 33.8 Å². The second-order valence-corrected chi connectivity index (χ2v) is 12.1. The summed E-state index contributed by atoms with van der Waals surface area (Å²) >= 11 is 6.56. The molecule has 0 spiro atoms. The van der Waals surface area contributed by atoms with E-state index in [1.54, 1.807) is 24.1 Å². The Balaban J connectivity index is 1.42. The summed E-state index contributed by atoms with van der Waals surface area (Å²) in [7, 11) is -2.61. The Labute approximate surface area is 246 Å². The molecule has 1 aromatic heterocycles. The van der Waals surface area contributed by atoms with Crippen molar-refractivity contribution in [3.63, 3.8) is 0 Å². The third-order valence-electron chi connectivity index (χ3n) is 7.28. The number of para-hydroxylation sites is 1. The highest BCUT2D eigenvalue weighted by atomic mass is 35.5. The Kier molecular flexibility index (Phi) is 8.10. The first-order valence-electron chi connectivity index (χ1n) is 13.0. The standard InChI is InChI=1S/C30H27ClF3N3O4S/c1-20-25(19-28(21-10-12-23(41-2)13-11-21)37(20)27-9-4-3-8-26(27)31)29(38)35-14-16-36(17-15-35)42(39,40)24-7-5-6-22(18-24)30(32,33)34/h3-13,18-19H,14-17H2,1-2H3. The number of methoxy groups -OCH3 is 1. The summed E-state index contributed by atoms with van der Waals surface area (Å²) in [5.74, 6) is 0.393. The van der Waals surface area contributed by atoms with Gasteiger partial charge >= 0.3 is 6.18 Å². The Morgan fingerprint density at radius 2 is 1.57 bits per heavy atom. The van der Waals surface area contributed by atoms with Crippen molar-refractivity contribution in [2.75, 3.05) is 33.3 Å². The molecule has 0 radical (unpaired) electrons. The van der Waals surface area contributed by atoms with E-state index < -0.39 is 26.7 Å². The topological polar surface area (TPSA) is 71.8 Å². The van der Waals surface area contributed by atoms with Crippen LogP contribution in [0, 0.1) is 6.92 Å². The molecule has 0 aliphatic carbocycles. The molecule has 2 heterocycles. The molecule has 1 aliphatic heterocycles. The zero-order valence-electron chi connectivity index (χ0n) is 22.7. The van der Waals surface area contributed by atoms with E-state index in [2.05, 4.69) is 0 Å². The molecule has 7 nitrogen and oxygen atoms in total. The number of alkyl halides is 3. The van der Waals surface area contributed by atoms with Crippen molar-refractivity contribution in [1.82, 2.24) is 13.8 Å². The fourth-order valence-electron chi connectivity index (χ4n) is 5.02. The number of hydrogen-bond donors (Lipinski definition) is 0. The monoisotopic (exact) mass is 617 g/mol. The van der Waals surface area contributed by atoms with Crippen molar-refractivity contribution in [1.29, 1.82) is 0 Å². The van der Waals surface area contributed by atoms with Crippen LogP contribution in [0.1, 0.15) is 21.6 Å². The summed E-state index contributed by atoms with van der Waals surface area (Å²) in [4.78, 5) is 14.9. The van der Waals surface area contributed by atoms with Crippen molar-refractivity contribution in [3.8, 4) is 22.7 Å². The molecular formula is C30H27ClF3N3O4S. The van der Waals surface area contributed by atoms with Crippen LogP contribution in [0.25, 0.3) is 16.9 Å². The van der Waals surface area contributed by atoms with Crippen LogP contribution in [0.15, 0.2) is 83.8 Å². The number of sulfonamides is 1. The van der Waals surface area contributed by atoms with Gasteiger partial charge in [-0.2, -0.15) is 17.5 Å². The zero-order chi connectivity index (χ0) is 30.2. The number of amides is 1. The molecule has 0 N–H and O–H groups in total. The highest BCUT2D eigenvalue weighted by Gasteiger charge is 2.35. The van der Waals surface area contributed by atoms with Gasteiger partial charge in [0, 0.05) is 31.9 Å². The Bertz CT molecular complexity index is 1730. The van der Waals surface area contributed by atoms with E-state index in [4.69, 9.17) is 16.3 Å². The Hall–Kier alpha value is -3.80. The van der Waals surface area contributed by atoms with Crippen LogP contribution in [0.3, 0.4) is 0 Å². The maximum Gasteiger partial charge on any atom is 0.416 e. The lowest BCUT2D eigenvalue weighted by Gasteiger charge is -2.34. The molecular weight excluding hydrogens is 591 g/mol. The lowest BCUT2D eigenvalue weighted by Crippen LogP contribution is -2.50. The minimum atomic E-state index is -4.67. The maximum absolute atomic E-state index is 13.8. The smallest absolute Gasteiger partial charge is 0.416 e. The quantitative estimate of drug-likeness (QED) is 0.255. The van der Waals surface area contributed by atoms with Crippen LogP contribution < -0.4 is 4.74 Å². The van der Waals surface area contributed by atoms with E-state index in [9.17, 15) is 26.4 Å². The number of hydrogen-bond acceptors (Lipinski definition) is 4. The number of benzene rings is 3. The SMILES string of the molecule is COc1ccc(-c2cc(C(=O)N3CCN(S(=O)(=O)c4cccc(C(F)(F)F)c4)CC3)c(C)n2-c2ccccc2Cl)cc1. The number of carbonyl (C=O) groups is 1. The van der Waals surface area contributed by atoms with E-state index in [1.165, 1.54) is 0 Å². The Morgan fingerprint density at radius 3 is 2.19 bits per heavy atom. The van der Waals surface area contributed by atoms with Gasteiger partial charge in [-0.25, -0.2) is 8.42 Å². The lowest BCUT2D eigenvalue weighted by atomic mass is 10.1. The van der Waals surface area contributed by atoms with E-state index in [-0.39, 0.29) is 32.1 Å². The van der Waals surface area contributed by atoms with Gasteiger partial charge in [-0.1, -0.05) is 29.8 Å². The van der Waals surface area contributed by atoms with E-state index in [1.807, 2.05) is 54.0 Å². The minimum absolute atomic E-state index is 0.0556. The van der Waals surface area contributed by atoms with Crippen LogP contribution in [-0.4, -0.2) is 61.4 Å². The van der Waals surface area contributed by atoms with Crippen molar-refractivity contribution in [3.05, 3.63) is 101 Å². The molecule has 1 fully saturated rings. The molecule has 0 bridgehead atoms. The predicted molar refractivity (Wildman–Crippen MR) is 154 cm³/mol. The second kappa shape index (κ2) is 11.5. The number of halogens is 4. The molecule has 1 amide bonds. The van der Waals surface area contributed by atoms with Crippen molar-refractivity contribution in [2.24, 2.45) is 0 Å².